The van der Waals surface area contributed by atoms with Crippen molar-refractivity contribution in [1.82, 2.24) is 19.7 Å². The summed E-state index contributed by atoms with van der Waals surface area (Å²) >= 11 is 0. The Morgan fingerprint density at radius 1 is 1.12 bits per heavy atom. The number of hydrogen-bond acceptors (Lipinski definition) is 7. The number of pyridine rings is 1. The molecule has 212 valence electrons. The first-order chi connectivity index (χ1) is 20.0. The smallest absolute Gasteiger partial charge is 0.342 e. The van der Waals surface area contributed by atoms with Crippen molar-refractivity contribution in [3.63, 3.8) is 0 Å². The summed E-state index contributed by atoms with van der Waals surface area (Å²) < 4.78 is 19.1. The van der Waals surface area contributed by atoms with E-state index in [4.69, 9.17) is 19.2 Å². The van der Waals surface area contributed by atoms with E-state index in [1.165, 1.54) is 22.0 Å². The number of carbonyl (C=O) groups is 1. The maximum absolute atomic E-state index is 11.7. The Morgan fingerprint density at radius 2 is 2.00 bits per heavy atom. The van der Waals surface area contributed by atoms with Gasteiger partial charge in [-0.15, -0.1) is 0 Å². The van der Waals surface area contributed by atoms with Gasteiger partial charge in [-0.2, -0.15) is 9.78 Å². The number of aromatic carboxylic acids is 1. The summed E-state index contributed by atoms with van der Waals surface area (Å²) in [4.78, 5) is 19.0. The van der Waals surface area contributed by atoms with Gasteiger partial charge in [0.15, 0.2) is 5.82 Å². The second-order valence-electron chi connectivity index (χ2n) is 10.5. The lowest BCUT2D eigenvalue weighted by Gasteiger charge is -2.33. The van der Waals surface area contributed by atoms with Crippen LogP contribution in [0.4, 0.5) is 0 Å². The number of rotatable bonds is 9. The molecule has 1 fully saturated rings. The average Bonchev–Trinajstić information content (AvgIpc) is 3.67. The Hall–Kier alpha value is -4.21. The lowest BCUT2D eigenvalue weighted by atomic mass is 9.96. The highest BCUT2D eigenvalue weighted by atomic mass is 16.5. The highest BCUT2D eigenvalue weighted by molar-refractivity contribution is 5.90. The normalized spacial score (nSPS) is 16.9. The van der Waals surface area contributed by atoms with Gasteiger partial charge < -0.3 is 19.3 Å². The second-order valence-corrected chi connectivity index (χ2v) is 10.5. The fourth-order valence-electron chi connectivity index (χ4n) is 5.65. The monoisotopic (exact) mass is 554 g/mol. The van der Waals surface area contributed by atoms with Crippen molar-refractivity contribution >= 4 is 5.97 Å². The minimum Gasteiger partial charge on any atom is -0.488 e. The number of carboxylic acids is 1. The summed E-state index contributed by atoms with van der Waals surface area (Å²) in [7, 11) is 0. The number of nitrogens with zero attached hydrogens (tertiary/aromatic N) is 4. The van der Waals surface area contributed by atoms with E-state index in [1.807, 2.05) is 37.3 Å². The lowest BCUT2D eigenvalue weighted by Crippen LogP contribution is -2.39. The zero-order chi connectivity index (χ0) is 28.3. The van der Waals surface area contributed by atoms with Crippen LogP contribution in [0.1, 0.15) is 46.0 Å². The standard InChI is InChI=1S/C32H34N4O5/c1-3-40-31-27(32(37)38)17-33-36(31)29-9-5-8-28(34-29)26-7-4-6-21(2)30(26)41-19-22-10-11-24-18-35(14-12-23(24)16-22)25-13-15-39-20-25/h4-11,16-17,25H,3,12-15,18-20H2,1-2H3,(H,37,38)/t25-/m0/s1. The van der Waals surface area contributed by atoms with Gasteiger partial charge in [0.2, 0.25) is 5.88 Å². The molecule has 1 atom stereocenters. The van der Waals surface area contributed by atoms with Crippen molar-refractivity contribution in [2.75, 3.05) is 26.4 Å². The lowest BCUT2D eigenvalue weighted by molar-refractivity contribution is 0.0692. The van der Waals surface area contributed by atoms with Crippen molar-refractivity contribution < 1.29 is 24.1 Å². The average molecular weight is 555 g/mol. The molecule has 9 heteroatoms. The van der Waals surface area contributed by atoms with E-state index < -0.39 is 5.97 Å². The number of carboxylic acid groups (broad SMARTS) is 1. The molecule has 9 nitrogen and oxygen atoms in total. The SMILES string of the molecule is CCOc1c(C(=O)O)cnn1-c1cccc(-c2cccc(C)c2OCc2ccc3c(c2)CCN([C@H]2CCOC2)C3)n1. The minimum absolute atomic E-state index is 0.0102. The van der Waals surface area contributed by atoms with E-state index in [1.54, 1.807) is 13.0 Å². The molecule has 4 aromatic rings. The van der Waals surface area contributed by atoms with Crippen molar-refractivity contribution in [2.45, 2.75) is 45.9 Å². The number of para-hydroxylation sites is 1. The van der Waals surface area contributed by atoms with E-state index in [0.717, 1.165) is 61.6 Å². The fourth-order valence-corrected chi connectivity index (χ4v) is 5.65. The van der Waals surface area contributed by atoms with E-state index in [0.29, 0.717) is 30.8 Å². The summed E-state index contributed by atoms with van der Waals surface area (Å²) in [6.07, 6.45) is 3.44. The highest BCUT2D eigenvalue weighted by Gasteiger charge is 2.27. The number of hydrogen-bond donors (Lipinski definition) is 1. The van der Waals surface area contributed by atoms with E-state index >= 15 is 0 Å². The van der Waals surface area contributed by atoms with Crippen molar-refractivity contribution in [3.05, 3.63) is 88.6 Å². The predicted octanol–water partition coefficient (Wildman–Crippen LogP) is 5.07. The van der Waals surface area contributed by atoms with Gasteiger partial charge in [0.05, 0.1) is 25.1 Å². The van der Waals surface area contributed by atoms with E-state index in [-0.39, 0.29) is 11.4 Å². The Bertz CT molecular complexity index is 1560. The van der Waals surface area contributed by atoms with Crippen LogP contribution in [0.15, 0.2) is 60.8 Å². The van der Waals surface area contributed by atoms with Gasteiger partial charge in [0, 0.05) is 31.3 Å². The van der Waals surface area contributed by atoms with Crippen LogP contribution in [0.3, 0.4) is 0 Å². The molecule has 0 radical (unpaired) electrons. The zero-order valence-electron chi connectivity index (χ0n) is 23.4. The summed E-state index contributed by atoms with van der Waals surface area (Å²) in [5, 5.41) is 13.8. The third kappa shape index (κ3) is 5.55. The van der Waals surface area contributed by atoms with Crippen LogP contribution in [0, 0.1) is 6.92 Å². The van der Waals surface area contributed by atoms with Gasteiger partial charge in [0.1, 0.15) is 17.9 Å². The summed E-state index contributed by atoms with van der Waals surface area (Å²) in [5.74, 6) is 0.267. The summed E-state index contributed by atoms with van der Waals surface area (Å²) in [6, 6.07) is 18.8. The Labute approximate surface area is 239 Å². The maximum atomic E-state index is 11.7. The molecule has 0 saturated carbocycles. The minimum atomic E-state index is -1.10. The van der Waals surface area contributed by atoms with Crippen LogP contribution in [0.2, 0.25) is 0 Å². The Kier molecular flexibility index (Phi) is 7.71. The first kappa shape index (κ1) is 27.0. The first-order valence-corrected chi connectivity index (χ1v) is 14.1. The summed E-state index contributed by atoms with van der Waals surface area (Å²) in [6.45, 7) is 8.32. The second kappa shape index (κ2) is 11.7. The van der Waals surface area contributed by atoms with E-state index in [9.17, 15) is 9.90 Å². The van der Waals surface area contributed by atoms with Crippen LogP contribution in [0.25, 0.3) is 17.1 Å². The molecule has 0 amide bonds. The van der Waals surface area contributed by atoms with Gasteiger partial charge in [-0.25, -0.2) is 9.78 Å². The molecule has 41 heavy (non-hydrogen) atoms. The molecule has 0 spiro atoms. The largest absolute Gasteiger partial charge is 0.488 e. The molecule has 0 bridgehead atoms. The predicted molar refractivity (Wildman–Crippen MR) is 154 cm³/mol. The Balaban J connectivity index is 1.23. The molecule has 0 aliphatic carbocycles. The van der Waals surface area contributed by atoms with Gasteiger partial charge >= 0.3 is 5.97 Å². The van der Waals surface area contributed by atoms with Gasteiger partial charge in [-0.05, 0) is 67.1 Å². The molecule has 2 aromatic carbocycles. The topological polar surface area (TPSA) is 98.9 Å². The quantitative estimate of drug-likeness (QED) is 0.306. The molecule has 2 aliphatic heterocycles. The third-order valence-corrected chi connectivity index (χ3v) is 7.79. The van der Waals surface area contributed by atoms with Gasteiger partial charge in [-0.1, -0.05) is 36.4 Å². The number of aromatic nitrogens is 3. The molecule has 2 aliphatic rings. The van der Waals surface area contributed by atoms with E-state index in [2.05, 4.69) is 28.2 Å². The van der Waals surface area contributed by atoms with Gasteiger partial charge in [0.25, 0.3) is 0 Å². The molecular formula is C32H34N4O5. The van der Waals surface area contributed by atoms with Crippen molar-refractivity contribution in [1.29, 1.82) is 0 Å². The fraction of sp³-hybridized carbons (Fsp3) is 0.344. The number of benzene rings is 2. The van der Waals surface area contributed by atoms with Gasteiger partial charge in [-0.3, -0.25) is 4.90 Å². The highest BCUT2D eigenvalue weighted by Crippen LogP contribution is 2.34. The first-order valence-electron chi connectivity index (χ1n) is 14.1. The molecule has 1 N–H and O–H groups in total. The maximum Gasteiger partial charge on any atom is 0.342 e. The number of fused-ring (bicyclic) bond motifs is 1. The zero-order valence-corrected chi connectivity index (χ0v) is 23.4. The molecule has 2 aromatic heterocycles. The van der Waals surface area contributed by atoms with Crippen LogP contribution < -0.4 is 9.47 Å². The van der Waals surface area contributed by atoms with Crippen molar-refractivity contribution in [2.24, 2.45) is 0 Å². The number of aryl methyl sites for hydroxylation is 1. The molecular weight excluding hydrogens is 520 g/mol. The van der Waals surface area contributed by atoms with Crippen LogP contribution in [-0.4, -0.2) is 63.1 Å². The molecule has 1 saturated heterocycles. The van der Waals surface area contributed by atoms with Crippen LogP contribution in [-0.2, 0) is 24.3 Å². The Morgan fingerprint density at radius 3 is 2.80 bits per heavy atom. The molecule has 6 rings (SSSR count). The molecule has 0 unspecified atom stereocenters. The number of ether oxygens (including phenoxy) is 3. The third-order valence-electron chi connectivity index (χ3n) is 7.79. The van der Waals surface area contributed by atoms with Crippen LogP contribution in [0.5, 0.6) is 11.6 Å². The van der Waals surface area contributed by atoms with Crippen LogP contribution >= 0.6 is 0 Å². The summed E-state index contributed by atoms with van der Waals surface area (Å²) in [5.41, 5.74) is 6.45. The molecule has 4 heterocycles. The van der Waals surface area contributed by atoms with Crippen molar-refractivity contribution in [3.8, 4) is 28.7 Å².